The maximum Gasteiger partial charge on any atom is 0.333 e. The summed E-state index contributed by atoms with van der Waals surface area (Å²) in [7, 11) is 0. The second-order valence-corrected chi connectivity index (χ2v) is 8.53. The molecule has 1 fully saturated rings. The monoisotopic (exact) mass is 454 g/mol. The summed E-state index contributed by atoms with van der Waals surface area (Å²) >= 11 is 0. The summed E-state index contributed by atoms with van der Waals surface area (Å²) in [5, 5.41) is 17.5. The average Bonchev–Trinajstić information content (AvgIpc) is 2.69. The molecule has 0 unspecified atom stereocenters. The fourth-order valence-electron chi connectivity index (χ4n) is 3.54. The zero-order chi connectivity index (χ0) is 24.4. The number of alkyl halides is 1. The summed E-state index contributed by atoms with van der Waals surface area (Å²) in [6.07, 6.45) is 0.0656. The Balaban J connectivity index is 2.14. The molecule has 4 N–H and O–H groups in total. The van der Waals surface area contributed by atoms with Crippen molar-refractivity contribution in [3.8, 4) is 0 Å². The highest BCUT2D eigenvalue weighted by atomic mass is 19.2. The highest BCUT2D eigenvalue weighted by Crippen LogP contribution is 2.24. The number of nitrogens with zero attached hydrogens (tertiary/aromatic N) is 2. The Labute approximate surface area is 185 Å². The third-order valence-corrected chi connectivity index (χ3v) is 5.50. The van der Waals surface area contributed by atoms with Gasteiger partial charge in [-0.2, -0.15) is 0 Å². The van der Waals surface area contributed by atoms with Crippen molar-refractivity contribution < 1.29 is 27.9 Å². The number of carboxylic acids is 1. The number of aryl methyl sites for hydroxylation is 1. The maximum atomic E-state index is 14.3. The van der Waals surface area contributed by atoms with Crippen molar-refractivity contribution in [3.05, 3.63) is 46.2 Å². The number of benzene rings is 1. The van der Waals surface area contributed by atoms with Crippen molar-refractivity contribution in [1.82, 2.24) is 9.80 Å². The predicted molar refractivity (Wildman–Crippen MR) is 114 cm³/mol. The molecule has 7 nitrogen and oxygen atoms in total. The Hall–Kier alpha value is -2.88. The molecule has 0 radical (unpaired) electrons. The van der Waals surface area contributed by atoms with Crippen molar-refractivity contribution >= 4 is 17.7 Å². The first-order valence-electron chi connectivity index (χ1n) is 10.2. The smallest absolute Gasteiger partial charge is 0.333 e. The van der Waals surface area contributed by atoms with Crippen molar-refractivity contribution in [2.45, 2.75) is 52.2 Å². The topological polar surface area (TPSA) is 111 Å². The molecule has 1 amide bonds. The number of carbonyl (C=O) groups is 2. The standard InChI is InChI=1S/C22H29F3N4O3/c1-12-7-16(23)17(24)9-14(12)8-15(26)10-19(30)28-5-6-29(21(27)22(3,4)25)18(11-28)13(2)20(31)32/h7,9,15,27H,5-6,8,10-11,26H2,1-4H3,(H,31,32)/b18-13+,27-21?/t15-/m1/s1. The van der Waals surface area contributed by atoms with E-state index < -0.39 is 29.3 Å². The molecular formula is C22H29F3N4O3. The van der Waals surface area contributed by atoms with Crippen molar-refractivity contribution in [3.63, 3.8) is 0 Å². The zero-order valence-corrected chi connectivity index (χ0v) is 18.6. The number of halogens is 3. The molecule has 2 rings (SSSR count). The van der Waals surface area contributed by atoms with Crippen LogP contribution in [0.1, 0.15) is 38.3 Å². The summed E-state index contributed by atoms with van der Waals surface area (Å²) in [6.45, 7) is 5.50. The molecule has 1 atom stereocenters. The van der Waals surface area contributed by atoms with Crippen molar-refractivity contribution in [2.24, 2.45) is 5.73 Å². The molecule has 1 aromatic rings. The molecule has 0 bridgehead atoms. The van der Waals surface area contributed by atoms with Crippen LogP contribution in [0.2, 0.25) is 0 Å². The van der Waals surface area contributed by atoms with Gasteiger partial charge in [-0.1, -0.05) is 0 Å². The van der Waals surface area contributed by atoms with Gasteiger partial charge in [0, 0.05) is 31.2 Å². The minimum atomic E-state index is -1.99. The van der Waals surface area contributed by atoms with Gasteiger partial charge in [-0.25, -0.2) is 18.0 Å². The number of amides is 1. The van der Waals surface area contributed by atoms with E-state index >= 15 is 0 Å². The summed E-state index contributed by atoms with van der Waals surface area (Å²) < 4.78 is 41.2. The lowest BCUT2D eigenvalue weighted by atomic mass is 9.98. The van der Waals surface area contributed by atoms with Crippen LogP contribution in [0.15, 0.2) is 23.4 Å². The summed E-state index contributed by atoms with van der Waals surface area (Å²) in [6, 6.07) is 1.47. The first-order valence-corrected chi connectivity index (χ1v) is 10.2. The van der Waals surface area contributed by atoms with E-state index in [0.29, 0.717) is 11.1 Å². The molecule has 1 saturated heterocycles. The van der Waals surface area contributed by atoms with E-state index in [0.717, 1.165) is 12.1 Å². The number of nitrogens with one attached hydrogen (secondary N) is 1. The normalized spacial score (nSPS) is 17.2. The van der Waals surface area contributed by atoms with Crippen LogP contribution < -0.4 is 5.73 Å². The molecule has 0 saturated carbocycles. The highest BCUT2D eigenvalue weighted by molar-refractivity contribution is 5.92. The highest BCUT2D eigenvalue weighted by Gasteiger charge is 2.35. The van der Waals surface area contributed by atoms with Crippen LogP contribution in [0.3, 0.4) is 0 Å². The third kappa shape index (κ3) is 5.87. The Morgan fingerprint density at radius 2 is 1.84 bits per heavy atom. The molecule has 1 heterocycles. The largest absolute Gasteiger partial charge is 0.478 e. The van der Waals surface area contributed by atoms with Gasteiger partial charge < -0.3 is 20.6 Å². The SMILES string of the molecule is C/C(C(=O)O)=C1/CN(C(=O)C[C@H](N)Cc2cc(F)c(F)cc2C)CCN1C(=N)C(C)(C)F. The molecule has 1 aliphatic rings. The first kappa shape index (κ1) is 25.4. The molecule has 32 heavy (non-hydrogen) atoms. The Morgan fingerprint density at radius 1 is 1.25 bits per heavy atom. The number of hydrogen-bond donors (Lipinski definition) is 3. The van der Waals surface area contributed by atoms with Crippen molar-refractivity contribution in [1.29, 1.82) is 5.41 Å². The minimum absolute atomic E-state index is 0.0649. The second-order valence-electron chi connectivity index (χ2n) is 8.53. The summed E-state index contributed by atoms with van der Waals surface area (Å²) in [5.41, 5.74) is 5.19. The van der Waals surface area contributed by atoms with E-state index in [1.807, 2.05) is 0 Å². The van der Waals surface area contributed by atoms with Gasteiger partial charge in [0.15, 0.2) is 17.3 Å². The van der Waals surface area contributed by atoms with Crippen LogP contribution in [0, 0.1) is 24.0 Å². The maximum absolute atomic E-state index is 14.3. The number of nitrogens with two attached hydrogens (primary N) is 1. The minimum Gasteiger partial charge on any atom is -0.478 e. The van der Waals surface area contributed by atoms with Crippen LogP contribution in [0.5, 0.6) is 0 Å². The summed E-state index contributed by atoms with van der Waals surface area (Å²) in [4.78, 5) is 27.0. The second kappa shape index (κ2) is 9.72. The number of aliphatic carboxylic acids is 1. The van der Waals surface area contributed by atoms with Crippen LogP contribution in [0.4, 0.5) is 13.2 Å². The van der Waals surface area contributed by atoms with Gasteiger partial charge in [-0.3, -0.25) is 10.2 Å². The van der Waals surface area contributed by atoms with Gasteiger partial charge in [0.25, 0.3) is 0 Å². The Bertz CT molecular complexity index is 956. The average molecular weight is 454 g/mol. The van der Waals surface area contributed by atoms with E-state index in [4.69, 9.17) is 11.1 Å². The summed E-state index contributed by atoms with van der Waals surface area (Å²) in [5.74, 6) is -3.90. The number of carbonyl (C=O) groups excluding carboxylic acids is 1. The quantitative estimate of drug-likeness (QED) is 0.348. The van der Waals surface area contributed by atoms with Crippen LogP contribution in [-0.2, 0) is 16.0 Å². The van der Waals surface area contributed by atoms with Gasteiger partial charge in [0.2, 0.25) is 5.91 Å². The van der Waals surface area contributed by atoms with Gasteiger partial charge in [0.05, 0.1) is 12.1 Å². The van der Waals surface area contributed by atoms with Gasteiger partial charge in [-0.05, 0) is 57.4 Å². The Kier molecular flexibility index (Phi) is 7.71. The lowest BCUT2D eigenvalue weighted by Gasteiger charge is -2.41. The Morgan fingerprint density at radius 3 is 2.41 bits per heavy atom. The zero-order valence-electron chi connectivity index (χ0n) is 18.6. The molecule has 1 aromatic carbocycles. The molecule has 0 aliphatic carbocycles. The number of piperazine rings is 1. The van der Waals surface area contributed by atoms with E-state index in [9.17, 15) is 27.9 Å². The van der Waals surface area contributed by atoms with Crippen LogP contribution in [0.25, 0.3) is 0 Å². The van der Waals surface area contributed by atoms with Gasteiger partial charge in [0.1, 0.15) is 5.84 Å². The fraction of sp³-hybridized carbons (Fsp3) is 0.500. The van der Waals surface area contributed by atoms with Crippen molar-refractivity contribution in [2.75, 3.05) is 19.6 Å². The number of carboxylic acid groups (broad SMARTS) is 1. The van der Waals surface area contributed by atoms with Gasteiger partial charge >= 0.3 is 5.97 Å². The lowest BCUT2D eigenvalue weighted by Crippen LogP contribution is -2.53. The number of rotatable bonds is 6. The molecule has 176 valence electrons. The van der Waals surface area contributed by atoms with E-state index in [1.165, 1.54) is 30.6 Å². The fourth-order valence-corrected chi connectivity index (χ4v) is 3.54. The molecule has 1 aliphatic heterocycles. The number of amidine groups is 1. The lowest BCUT2D eigenvalue weighted by molar-refractivity contribution is -0.134. The molecule has 0 spiro atoms. The van der Waals surface area contributed by atoms with E-state index in [1.54, 1.807) is 6.92 Å². The molecule has 10 heteroatoms. The van der Waals surface area contributed by atoms with Crippen LogP contribution >= 0.6 is 0 Å². The third-order valence-electron chi connectivity index (χ3n) is 5.50. The first-order chi connectivity index (χ1) is 14.7. The number of hydrogen-bond acceptors (Lipinski definition) is 4. The predicted octanol–water partition coefficient (Wildman–Crippen LogP) is 2.76. The van der Waals surface area contributed by atoms with Gasteiger partial charge in [-0.15, -0.1) is 0 Å². The van der Waals surface area contributed by atoms with E-state index in [2.05, 4.69) is 0 Å². The molecule has 0 aromatic heterocycles. The van der Waals surface area contributed by atoms with Crippen LogP contribution in [-0.4, -0.2) is 64.0 Å². The van der Waals surface area contributed by atoms with E-state index in [-0.39, 0.29) is 55.5 Å². The molecular weight excluding hydrogens is 425 g/mol.